The van der Waals surface area contributed by atoms with Gasteiger partial charge in [0.15, 0.2) is 0 Å². The van der Waals surface area contributed by atoms with Crippen LogP contribution in [-0.2, 0) is 14.2 Å². The largest absolute Gasteiger partial charge is 0.493 e. The Hall–Kier alpha value is -3.25. The summed E-state index contributed by atoms with van der Waals surface area (Å²) in [6, 6.07) is 5.19. The van der Waals surface area contributed by atoms with Gasteiger partial charge < -0.3 is 33.5 Å². The van der Waals surface area contributed by atoms with E-state index in [9.17, 15) is 14.4 Å². The number of amides is 2. The van der Waals surface area contributed by atoms with Crippen molar-refractivity contribution in [3.05, 3.63) is 23.8 Å². The molecule has 0 bridgehead atoms. The number of ether oxygens (including phenoxy) is 5. The van der Waals surface area contributed by atoms with Crippen molar-refractivity contribution in [2.45, 2.75) is 78.4 Å². The van der Waals surface area contributed by atoms with Crippen molar-refractivity contribution >= 4 is 18.2 Å². The molecule has 12 heteroatoms. The zero-order valence-electron chi connectivity index (χ0n) is 29.1. The molecule has 12 nitrogen and oxygen atoms in total. The Labute approximate surface area is 275 Å². The summed E-state index contributed by atoms with van der Waals surface area (Å²) in [4.78, 5) is 45.1. The molecule has 0 N–H and O–H groups in total. The van der Waals surface area contributed by atoms with Crippen LogP contribution in [0.2, 0.25) is 0 Å². The summed E-state index contributed by atoms with van der Waals surface area (Å²) >= 11 is 0. The topological polar surface area (TPSA) is 110 Å². The first-order valence-corrected chi connectivity index (χ1v) is 16.6. The van der Waals surface area contributed by atoms with Crippen LogP contribution in [0.4, 0.5) is 9.59 Å². The first-order chi connectivity index (χ1) is 21.7. The standard InChI is InChI=1S/C34H56N4O8/c1-33(2,3)45-31(40)37-18-14-35(15-19-37)12-8-10-22-43-28-24-27(30(39)42-7)25-29(26-28)44-23-11-9-13-36-16-20-38(21-17-36)32(41)46-34(4,5)6/h24-26H,8-23H2,1-7H3. The molecule has 46 heavy (non-hydrogen) atoms. The maximum absolute atomic E-state index is 12.3. The summed E-state index contributed by atoms with van der Waals surface area (Å²) in [6.07, 6.45) is 3.15. The average molecular weight is 649 g/mol. The second-order valence-corrected chi connectivity index (χ2v) is 13.9. The quantitative estimate of drug-likeness (QED) is 0.167. The van der Waals surface area contributed by atoms with Gasteiger partial charge in [0.2, 0.25) is 0 Å². The smallest absolute Gasteiger partial charge is 0.410 e. The molecule has 0 unspecified atom stereocenters. The van der Waals surface area contributed by atoms with Crippen LogP contribution in [0.1, 0.15) is 77.6 Å². The third-order valence-electron chi connectivity index (χ3n) is 7.62. The first kappa shape index (κ1) is 37.2. The third-order valence-corrected chi connectivity index (χ3v) is 7.62. The van der Waals surface area contributed by atoms with Gasteiger partial charge in [-0.15, -0.1) is 0 Å². The number of carbonyl (C=O) groups excluding carboxylic acids is 3. The van der Waals surface area contributed by atoms with Crippen molar-refractivity contribution in [1.29, 1.82) is 0 Å². The zero-order valence-corrected chi connectivity index (χ0v) is 29.1. The molecule has 0 radical (unpaired) electrons. The van der Waals surface area contributed by atoms with Crippen molar-refractivity contribution in [2.75, 3.05) is 85.8 Å². The summed E-state index contributed by atoms with van der Waals surface area (Å²) in [5, 5.41) is 0. The van der Waals surface area contributed by atoms with Gasteiger partial charge in [-0.1, -0.05) is 0 Å². The van der Waals surface area contributed by atoms with Crippen LogP contribution >= 0.6 is 0 Å². The maximum Gasteiger partial charge on any atom is 0.410 e. The van der Waals surface area contributed by atoms with E-state index in [1.807, 2.05) is 47.6 Å². The zero-order chi connectivity index (χ0) is 33.7. The van der Waals surface area contributed by atoms with Gasteiger partial charge in [-0.05, 0) is 92.4 Å². The molecule has 0 atom stereocenters. The van der Waals surface area contributed by atoms with Crippen LogP contribution in [-0.4, -0.2) is 135 Å². The van der Waals surface area contributed by atoms with Crippen LogP contribution in [0.15, 0.2) is 18.2 Å². The summed E-state index contributed by atoms with van der Waals surface area (Å²) in [5.74, 6) is 0.713. The van der Waals surface area contributed by atoms with E-state index in [1.54, 1.807) is 21.9 Å². The van der Waals surface area contributed by atoms with Crippen molar-refractivity contribution in [3.63, 3.8) is 0 Å². The van der Waals surface area contributed by atoms with Crippen molar-refractivity contribution < 1.29 is 38.1 Å². The highest BCUT2D eigenvalue weighted by atomic mass is 16.6. The number of carbonyl (C=O) groups is 3. The van der Waals surface area contributed by atoms with E-state index in [2.05, 4.69) is 9.80 Å². The predicted molar refractivity (Wildman–Crippen MR) is 176 cm³/mol. The van der Waals surface area contributed by atoms with Gasteiger partial charge >= 0.3 is 18.2 Å². The number of hydrogen-bond donors (Lipinski definition) is 0. The number of benzene rings is 1. The SMILES string of the molecule is COC(=O)c1cc(OCCCCN2CCN(C(=O)OC(C)(C)C)CC2)cc(OCCCCN2CCN(C(=O)OC(C)(C)C)CC2)c1. The second-order valence-electron chi connectivity index (χ2n) is 13.9. The lowest BCUT2D eigenvalue weighted by Crippen LogP contribution is -2.50. The van der Waals surface area contributed by atoms with E-state index in [1.165, 1.54) is 7.11 Å². The molecular formula is C34H56N4O8. The molecule has 0 spiro atoms. The van der Waals surface area contributed by atoms with E-state index >= 15 is 0 Å². The number of nitrogens with zero attached hydrogens (tertiary/aromatic N) is 4. The van der Waals surface area contributed by atoms with Crippen molar-refractivity contribution in [1.82, 2.24) is 19.6 Å². The molecule has 0 saturated carbocycles. The van der Waals surface area contributed by atoms with Crippen molar-refractivity contribution in [3.8, 4) is 11.5 Å². The van der Waals surface area contributed by atoms with Gasteiger partial charge in [-0.25, -0.2) is 14.4 Å². The summed E-state index contributed by atoms with van der Waals surface area (Å²) in [5.41, 5.74) is -0.579. The number of unbranched alkanes of at least 4 members (excludes halogenated alkanes) is 2. The Morgan fingerprint density at radius 3 is 1.35 bits per heavy atom. The molecule has 2 saturated heterocycles. The van der Waals surface area contributed by atoms with E-state index < -0.39 is 17.2 Å². The highest BCUT2D eigenvalue weighted by molar-refractivity contribution is 5.90. The van der Waals surface area contributed by atoms with E-state index in [0.29, 0.717) is 56.5 Å². The lowest BCUT2D eigenvalue weighted by Gasteiger charge is -2.35. The maximum atomic E-state index is 12.3. The lowest BCUT2D eigenvalue weighted by molar-refractivity contribution is 0.0134. The molecule has 2 aliphatic rings. The first-order valence-electron chi connectivity index (χ1n) is 16.6. The molecular weight excluding hydrogens is 592 g/mol. The molecule has 0 aliphatic carbocycles. The molecule has 1 aromatic rings. The lowest BCUT2D eigenvalue weighted by atomic mass is 10.2. The fourth-order valence-corrected chi connectivity index (χ4v) is 5.19. The predicted octanol–water partition coefficient (Wildman–Crippen LogP) is 4.90. The average Bonchev–Trinajstić information content (AvgIpc) is 2.99. The van der Waals surface area contributed by atoms with Gasteiger partial charge in [0.25, 0.3) is 0 Å². The van der Waals surface area contributed by atoms with Crippen LogP contribution in [0, 0.1) is 0 Å². The molecule has 260 valence electrons. The molecule has 3 rings (SSSR count). The van der Waals surface area contributed by atoms with E-state index in [0.717, 1.165) is 65.0 Å². The molecule has 0 aromatic heterocycles. The minimum Gasteiger partial charge on any atom is -0.493 e. The number of piperazine rings is 2. The Balaban J connectivity index is 1.34. The number of rotatable bonds is 13. The van der Waals surface area contributed by atoms with Gasteiger partial charge in [0.1, 0.15) is 22.7 Å². The van der Waals surface area contributed by atoms with Crippen LogP contribution in [0.5, 0.6) is 11.5 Å². The summed E-state index contributed by atoms with van der Waals surface area (Å²) in [6.45, 7) is 20.2. The Morgan fingerprint density at radius 1 is 0.609 bits per heavy atom. The van der Waals surface area contributed by atoms with Crippen molar-refractivity contribution in [2.24, 2.45) is 0 Å². The highest BCUT2D eigenvalue weighted by Crippen LogP contribution is 2.24. The Morgan fingerprint density at radius 2 is 1.00 bits per heavy atom. The van der Waals surface area contributed by atoms with Gasteiger partial charge in [-0.3, -0.25) is 9.80 Å². The highest BCUT2D eigenvalue weighted by Gasteiger charge is 2.27. The van der Waals surface area contributed by atoms with Crippen LogP contribution in [0.25, 0.3) is 0 Å². The second kappa shape index (κ2) is 17.6. The van der Waals surface area contributed by atoms with E-state index in [4.69, 9.17) is 23.7 Å². The molecule has 2 heterocycles. The van der Waals surface area contributed by atoms with Crippen LogP contribution < -0.4 is 9.47 Å². The van der Waals surface area contributed by atoms with Gasteiger partial charge in [-0.2, -0.15) is 0 Å². The minimum atomic E-state index is -0.484. The fourth-order valence-electron chi connectivity index (χ4n) is 5.19. The number of methoxy groups -OCH3 is 1. The number of hydrogen-bond acceptors (Lipinski definition) is 10. The fraction of sp³-hybridized carbons (Fsp3) is 0.735. The van der Waals surface area contributed by atoms with Crippen LogP contribution in [0.3, 0.4) is 0 Å². The Bertz CT molecular complexity index is 1040. The van der Waals surface area contributed by atoms with Gasteiger partial charge in [0.05, 0.1) is 25.9 Å². The summed E-state index contributed by atoms with van der Waals surface area (Å²) in [7, 11) is 1.36. The molecule has 2 fully saturated rings. The third kappa shape index (κ3) is 13.6. The Kier molecular flexibility index (Phi) is 14.2. The molecule has 2 amide bonds. The molecule has 2 aliphatic heterocycles. The van der Waals surface area contributed by atoms with Gasteiger partial charge in [0, 0.05) is 58.4 Å². The molecule has 1 aromatic carbocycles. The summed E-state index contributed by atoms with van der Waals surface area (Å²) < 4.78 is 27.9. The number of esters is 1. The monoisotopic (exact) mass is 648 g/mol. The normalized spacial score (nSPS) is 16.6. The minimum absolute atomic E-state index is 0.245. The van der Waals surface area contributed by atoms with E-state index in [-0.39, 0.29) is 12.2 Å².